The second-order valence-corrected chi connectivity index (χ2v) is 6.18. The molecule has 0 radical (unpaired) electrons. The van der Waals surface area contributed by atoms with Crippen molar-refractivity contribution >= 4 is 26.6 Å². The van der Waals surface area contributed by atoms with Crippen LogP contribution in [0.25, 0.3) is 0 Å². The minimum atomic E-state index is -3.76. The average molecular weight is 325 g/mol. The second kappa shape index (κ2) is 6.53. The fourth-order valence-electron chi connectivity index (χ4n) is 1.49. The van der Waals surface area contributed by atoms with E-state index in [2.05, 4.69) is 26.1 Å². The number of anilines is 1. The van der Waals surface area contributed by atoms with Crippen molar-refractivity contribution in [2.24, 2.45) is 0 Å². The number of aliphatic hydroxyl groups excluding tert-OH is 1. The van der Waals surface area contributed by atoms with E-state index in [9.17, 15) is 8.42 Å². The highest BCUT2D eigenvalue weighted by Gasteiger charge is 2.17. The molecule has 0 spiro atoms. The Labute approximate surface area is 125 Å². The quantitative estimate of drug-likeness (QED) is 0.802. The number of benzene rings is 1. The van der Waals surface area contributed by atoms with Crippen LogP contribution in [0.15, 0.2) is 29.3 Å². The first-order valence-electron chi connectivity index (χ1n) is 5.65. The molecule has 0 aliphatic heterocycles. The highest BCUT2D eigenvalue weighted by molar-refractivity contribution is 7.93. The van der Waals surface area contributed by atoms with E-state index < -0.39 is 10.0 Å². The van der Waals surface area contributed by atoms with Crippen molar-refractivity contribution in [2.45, 2.75) is 4.90 Å². The Morgan fingerprint density at radius 2 is 2.29 bits per heavy atom. The van der Waals surface area contributed by atoms with Crippen molar-refractivity contribution in [1.29, 1.82) is 0 Å². The minimum Gasteiger partial charge on any atom is -0.495 e. The lowest BCUT2D eigenvalue weighted by atomic mass is 10.2. The van der Waals surface area contributed by atoms with Crippen molar-refractivity contribution in [3.05, 3.63) is 30.0 Å². The van der Waals surface area contributed by atoms with Crippen molar-refractivity contribution in [3.63, 3.8) is 0 Å². The largest absolute Gasteiger partial charge is 0.495 e. The third-order valence-electron chi connectivity index (χ3n) is 2.38. The highest BCUT2D eigenvalue weighted by atomic mass is 32.2. The molecule has 9 heteroatoms. The molecule has 2 aromatic rings. The number of ether oxygens (including phenoxy) is 1. The Hall–Kier alpha value is -2.15. The van der Waals surface area contributed by atoms with Crippen molar-refractivity contribution in [1.82, 2.24) is 9.59 Å². The van der Waals surface area contributed by atoms with Gasteiger partial charge in [-0.05, 0) is 18.2 Å². The van der Waals surface area contributed by atoms with Crippen LogP contribution in [0.2, 0.25) is 0 Å². The normalized spacial score (nSPS) is 10.6. The van der Waals surface area contributed by atoms with Crippen molar-refractivity contribution < 1.29 is 18.3 Å². The van der Waals surface area contributed by atoms with Crippen LogP contribution >= 0.6 is 11.5 Å². The first-order chi connectivity index (χ1) is 10.1. The number of nitrogens with zero attached hydrogens (tertiary/aromatic N) is 2. The molecule has 7 nitrogen and oxygen atoms in total. The predicted octanol–water partition coefficient (Wildman–Crippen LogP) is 0.691. The van der Waals surface area contributed by atoms with Gasteiger partial charge in [-0.3, -0.25) is 4.72 Å². The van der Waals surface area contributed by atoms with Crippen LogP contribution in [0.1, 0.15) is 5.56 Å². The molecule has 0 bridgehead atoms. The lowest BCUT2D eigenvalue weighted by Gasteiger charge is -2.08. The highest BCUT2D eigenvalue weighted by Crippen LogP contribution is 2.23. The lowest BCUT2D eigenvalue weighted by Crippen LogP contribution is -2.12. The first kappa shape index (κ1) is 15.2. The lowest BCUT2D eigenvalue weighted by molar-refractivity contribution is 0.350. The van der Waals surface area contributed by atoms with Gasteiger partial charge >= 0.3 is 0 Å². The van der Waals surface area contributed by atoms with Crippen LogP contribution in [0.4, 0.5) is 5.00 Å². The van der Waals surface area contributed by atoms with Crippen LogP contribution < -0.4 is 9.46 Å². The summed E-state index contributed by atoms with van der Waals surface area (Å²) in [5, 5.41) is 12.6. The van der Waals surface area contributed by atoms with Crippen molar-refractivity contribution in [2.75, 3.05) is 18.4 Å². The fraction of sp³-hybridized carbons (Fsp3) is 0.167. The molecule has 0 saturated carbocycles. The fourth-order valence-corrected chi connectivity index (χ4v) is 3.20. The number of hydrogen-bond acceptors (Lipinski definition) is 7. The van der Waals surface area contributed by atoms with E-state index in [-0.39, 0.29) is 11.5 Å². The SMILES string of the molecule is COc1ccc(S(=O)(=O)Nc2cnns2)cc1C#CCO. The molecule has 0 saturated heterocycles. The van der Waals surface area contributed by atoms with Gasteiger partial charge in [-0.2, -0.15) is 0 Å². The summed E-state index contributed by atoms with van der Waals surface area (Å²) in [4.78, 5) is 0.0268. The molecule has 0 fully saturated rings. The van der Waals surface area contributed by atoms with E-state index in [1.54, 1.807) is 0 Å². The number of methoxy groups -OCH3 is 1. The van der Waals surface area contributed by atoms with Gasteiger partial charge in [0.15, 0.2) is 0 Å². The third-order valence-corrected chi connectivity index (χ3v) is 4.45. The molecule has 1 aromatic heterocycles. The van der Waals surface area contributed by atoms with Crippen LogP contribution in [0, 0.1) is 11.8 Å². The molecule has 0 aliphatic carbocycles. The third kappa shape index (κ3) is 3.69. The Bertz CT molecular complexity index is 777. The summed E-state index contributed by atoms with van der Waals surface area (Å²) in [7, 11) is -2.31. The second-order valence-electron chi connectivity index (χ2n) is 3.71. The van der Waals surface area contributed by atoms with E-state index in [4.69, 9.17) is 9.84 Å². The Balaban J connectivity index is 2.39. The zero-order chi connectivity index (χ0) is 15.3. The molecule has 0 unspecified atom stereocenters. The Morgan fingerprint density at radius 1 is 1.48 bits per heavy atom. The molecule has 110 valence electrons. The van der Waals surface area contributed by atoms with Gasteiger partial charge in [-0.1, -0.05) is 16.3 Å². The maximum atomic E-state index is 12.2. The zero-order valence-electron chi connectivity index (χ0n) is 10.9. The van der Waals surface area contributed by atoms with Gasteiger partial charge in [-0.15, -0.1) is 5.10 Å². The molecule has 2 N–H and O–H groups in total. The summed E-state index contributed by atoms with van der Waals surface area (Å²) in [5.74, 6) is 5.53. The number of hydrogen-bond donors (Lipinski definition) is 2. The summed E-state index contributed by atoms with van der Waals surface area (Å²) in [5.41, 5.74) is 0.372. The standard InChI is InChI=1S/C12H11N3O4S2/c1-19-11-5-4-10(7-9(11)3-2-6-16)21(17,18)14-12-8-13-15-20-12/h4-5,7-8,14,16H,6H2,1H3. The molecule has 1 heterocycles. The van der Waals surface area contributed by atoms with E-state index in [0.29, 0.717) is 16.3 Å². The molecule has 0 amide bonds. The smallest absolute Gasteiger partial charge is 0.262 e. The zero-order valence-corrected chi connectivity index (χ0v) is 12.5. The maximum absolute atomic E-state index is 12.2. The Morgan fingerprint density at radius 3 is 2.90 bits per heavy atom. The van der Waals surface area contributed by atoms with Crippen LogP contribution in [-0.2, 0) is 10.0 Å². The molecular formula is C12H11N3O4S2. The first-order valence-corrected chi connectivity index (χ1v) is 7.90. The molecule has 0 aliphatic rings. The number of nitrogens with one attached hydrogen (secondary N) is 1. The number of aromatic nitrogens is 2. The number of aliphatic hydroxyl groups is 1. The van der Waals surface area contributed by atoms with Crippen LogP contribution in [0.5, 0.6) is 5.75 Å². The molecular weight excluding hydrogens is 314 g/mol. The summed E-state index contributed by atoms with van der Waals surface area (Å²) in [6.07, 6.45) is 1.32. The van der Waals surface area contributed by atoms with Gasteiger partial charge < -0.3 is 9.84 Å². The van der Waals surface area contributed by atoms with Gasteiger partial charge in [0.25, 0.3) is 10.0 Å². The van der Waals surface area contributed by atoms with Gasteiger partial charge in [0.1, 0.15) is 17.4 Å². The van der Waals surface area contributed by atoms with Crippen molar-refractivity contribution in [3.8, 4) is 17.6 Å². The number of sulfonamides is 1. The van der Waals surface area contributed by atoms with E-state index in [1.807, 2.05) is 0 Å². The average Bonchev–Trinajstić information content (AvgIpc) is 2.96. The molecule has 2 rings (SSSR count). The van der Waals surface area contributed by atoms with Gasteiger partial charge in [-0.25, -0.2) is 8.42 Å². The summed E-state index contributed by atoms with van der Waals surface area (Å²) >= 11 is 0.933. The van der Waals surface area contributed by atoms with Crippen LogP contribution in [0.3, 0.4) is 0 Å². The molecule has 1 aromatic carbocycles. The van der Waals surface area contributed by atoms with Gasteiger partial charge in [0, 0.05) is 11.5 Å². The summed E-state index contributed by atoms with van der Waals surface area (Å²) in [6.45, 7) is -0.328. The van der Waals surface area contributed by atoms with Gasteiger partial charge in [0.05, 0.1) is 23.8 Å². The van der Waals surface area contributed by atoms with E-state index in [1.165, 1.54) is 31.5 Å². The molecule has 21 heavy (non-hydrogen) atoms. The minimum absolute atomic E-state index is 0.0268. The predicted molar refractivity (Wildman–Crippen MR) is 77.7 cm³/mol. The monoisotopic (exact) mass is 325 g/mol. The summed E-state index contributed by atoms with van der Waals surface area (Å²) < 4.78 is 35.5. The topological polar surface area (TPSA) is 101 Å². The number of rotatable bonds is 4. The van der Waals surface area contributed by atoms with Crippen LogP contribution in [-0.4, -0.2) is 36.8 Å². The molecule has 0 atom stereocenters. The van der Waals surface area contributed by atoms with E-state index in [0.717, 1.165) is 11.5 Å². The van der Waals surface area contributed by atoms with E-state index >= 15 is 0 Å². The maximum Gasteiger partial charge on any atom is 0.262 e. The Kier molecular flexibility index (Phi) is 4.74. The summed E-state index contributed by atoms with van der Waals surface area (Å²) in [6, 6.07) is 4.28. The van der Waals surface area contributed by atoms with Gasteiger partial charge in [0.2, 0.25) is 0 Å².